The molecule has 0 saturated heterocycles. The highest BCUT2D eigenvalue weighted by atomic mass is 16.5. The number of aromatic nitrogens is 2. The lowest BCUT2D eigenvalue weighted by molar-refractivity contribution is 0.0589. The molecule has 7 nitrogen and oxygen atoms in total. The van der Waals surface area contributed by atoms with Crippen LogP contribution in [0.5, 0.6) is 5.75 Å². The molecule has 1 aliphatic heterocycles. The third-order valence-electron chi connectivity index (χ3n) is 2.34. The van der Waals surface area contributed by atoms with Crippen LogP contribution in [-0.2, 0) is 11.3 Å². The van der Waals surface area contributed by atoms with Crippen LogP contribution in [0.2, 0.25) is 0 Å². The lowest BCUT2D eigenvalue weighted by atomic mass is 10.3. The van der Waals surface area contributed by atoms with E-state index < -0.39 is 23.0 Å². The lowest BCUT2D eigenvalue weighted by Crippen LogP contribution is -2.24. The topological polar surface area (TPSA) is 85.8 Å². The van der Waals surface area contributed by atoms with E-state index in [2.05, 4.69) is 14.6 Å². The van der Waals surface area contributed by atoms with E-state index in [0.29, 0.717) is 0 Å². The zero-order valence-corrected chi connectivity index (χ0v) is 8.80. The second-order valence-corrected chi connectivity index (χ2v) is 3.24. The minimum atomic E-state index is -0.917. The normalized spacial score (nSPS) is 12.6. The molecule has 0 unspecified atom stereocenters. The number of methoxy groups -OCH3 is 1. The van der Waals surface area contributed by atoms with Crippen LogP contribution in [0.3, 0.4) is 0 Å². The Balaban J connectivity index is 2.72. The third-order valence-corrected chi connectivity index (χ3v) is 2.34. The number of fused-ring (bicyclic) bond motifs is 1. The van der Waals surface area contributed by atoms with Gasteiger partial charge in [-0.25, -0.2) is 14.6 Å². The molecule has 0 atom stereocenters. The number of allylic oxidation sites excluding steroid dienone is 1. The molecule has 0 aromatic carbocycles. The second kappa shape index (κ2) is 3.75. The molecule has 0 spiro atoms. The van der Waals surface area contributed by atoms with Gasteiger partial charge in [0.1, 0.15) is 5.82 Å². The van der Waals surface area contributed by atoms with Gasteiger partial charge in [0, 0.05) is 6.54 Å². The number of nitrogens with zero attached hydrogens (tertiary/aromatic N) is 3. The van der Waals surface area contributed by atoms with Gasteiger partial charge in [-0.05, 0) is 0 Å². The van der Waals surface area contributed by atoms with Gasteiger partial charge in [0.2, 0.25) is 11.4 Å². The van der Waals surface area contributed by atoms with Gasteiger partial charge in [-0.2, -0.15) is 0 Å². The van der Waals surface area contributed by atoms with Crippen molar-refractivity contribution >= 4 is 11.7 Å². The van der Waals surface area contributed by atoms with Crippen molar-refractivity contribution in [3.05, 3.63) is 39.4 Å². The number of hydrogen-bond acceptors (Lipinski definition) is 5. The molecule has 0 saturated carbocycles. The van der Waals surface area contributed by atoms with Crippen LogP contribution in [-0.4, -0.2) is 27.7 Å². The molecule has 0 amide bonds. The summed E-state index contributed by atoms with van der Waals surface area (Å²) >= 11 is 0. The fourth-order valence-corrected chi connectivity index (χ4v) is 1.51. The summed E-state index contributed by atoms with van der Waals surface area (Å²) < 4.78 is 5.51. The van der Waals surface area contributed by atoms with Gasteiger partial charge in [-0.1, -0.05) is 6.08 Å². The van der Waals surface area contributed by atoms with Crippen LogP contribution in [0.15, 0.2) is 10.9 Å². The van der Waals surface area contributed by atoms with Crippen molar-refractivity contribution in [2.75, 3.05) is 7.11 Å². The van der Waals surface area contributed by atoms with Crippen LogP contribution in [0.4, 0.5) is 0 Å². The van der Waals surface area contributed by atoms with Crippen molar-refractivity contribution in [1.29, 1.82) is 0 Å². The highest BCUT2D eigenvalue weighted by molar-refractivity contribution is 5.90. The number of aromatic hydroxyl groups is 1. The number of ether oxygens (including phenoxy) is 1. The fraction of sp³-hybridized carbons (Fsp3) is 0.200. The molecule has 7 heteroatoms. The molecule has 0 bridgehead atoms. The van der Waals surface area contributed by atoms with Crippen LogP contribution in [0.1, 0.15) is 16.3 Å². The van der Waals surface area contributed by atoms with E-state index in [9.17, 15) is 14.7 Å². The summed E-state index contributed by atoms with van der Waals surface area (Å²) in [5.41, 5.74) is -1.06. The average Bonchev–Trinajstić information content (AvgIpc) is 2.75. The third kappa shape index (κ3) is 1.47. The SMILES string of the molecule is [C-]#[N+]C1=CCn2c1nc(C(=O)OC)c(O)c2=O. The molecule has 0 aliphatic carbocycles. The molecule has 86 valence electrons. The maximum Gasteiger partial charge on any atom is 0.360 e. The first-order valence-corrected chi connectivity index (χ1v) is 4.60. The molecule has 1 aromatic heterocycles. The maximum absolute atomic E-state index is 11.7. The van der Waals surface area contributed by atoms with Crippen molar-refractivity contribution in [1.82, 2.24) is 9.55 Å². The van der Waals surface area contributed by atoms with Gasteiger partial charge in [-0.3, -0.25) is 9.36 Å². The zero-order valence-electron chi connectivity index (χ0n) is 8.80. The molecule has 17 heavy (non-hydrogen) atoms. The molecule has 0 fully saturated rings. The van der Waals surface area contributed by atoms with E-state index in [0.717, 1.165) is 11.7 Å². The highest BCUT2D eigenvalue weighted by Gasteiger charge is 2.25. The number of esters is 1. The monoisotopic (exact) mass is 233 g/mol. The summed E-state index contributed by atoms with van der Waals surface area (Å²) in [6, 6.07) is 0. The summed E-state index contributed by atoms with van der Waals surface area (Å²) in [6.07, 6.45) is 1.50. The van der Waals surface area contributed by atoms with E-state index in [1.807, 2.05) is 0 Å². The van der Waals surface area contributed by atoms with E-state index in [4.69, 9.17) is 6.57 Å². The van der Waals surface area contributed by atoms with E-state index in [1.54, 1.807) is 0 Å². The molecule has 1 aliphatic rings. The van der Waals surface area contributed by atoms with E-state index in [-0.39, 0.29) is 18.1 Å². The van der Waals surface area contributed by atoms with Crippen molar-refractivity contribution in [2.45, 2.75) is 6.54 Å². The van der Waals surface area contributed by atoms with Gasteiger partial charge < -0.3 is 9.84 Å². The largest absolute Gasteiger partial charge is 0.501 e. The van der Waals surface area contributed by atoms with Gasteiger partial charge >= 0.3 is 5.97 Å². The first-order valence-electron chi connectivity index (χ1n) is 4.60. The van der Waals surface area contributed by atoms with Crippen LogP contribution in [0, 0.1) is 6.57 Å². The van der Waals surface area contributed by atoms with Crippen LogP contribution >= 0.6 is 0 Å². The van der Waals surface area contributed by atoms with Crippen molar-refractivity contribution < 1.29 is 14.6 Å². The van der Waals surface area contributed by atoms with Crippen molar-refractivity contribution in [2.24, 2.45) is 0 Å². The van der Waals surface area contributed by atoms with E-state index in [1.165, 1.54) is 6.08 Å². The number of carbonyl (C=O) groups excluding carboxylic acids is 1. The first-order chi connectivity index (χ1) is 8.10. The van der Waals surface area contributed by atoms with Crippen LogP contribution < -0.4 is 5.56 Å². The average molecular weight is 233 g/mol. The summed E-state index contributed by atoms with van der Waals surface area (Å²) in [6.45, 7) is 7.06. The Hall–Kier alpha value is -2.62. The predicted molar refractivity (Wildman–Crippen MR) is 56.1 cm³/mol. The maximum atomic E-state index is 11.7. The highest BCUT2D eigenvalue weighted by Crippen LogP contribution is 2.22. The number of hydrogen-bond donors (Lipinski definition) is 1. The molecule has 0 radical (unpaired) electrons. The molecule has 1 aromatic rings. The van der Waals surface area contributed by atoms with Gasteiger partial charge in [0.05, 0.1) is 13.7 Å². The molecule has 1 N–H and O–H groups in total. The summed E-state index contributed by atoms with van der Waals surface area (Å²) in [5, 5.41) is 9.52. The second-order valence-electron chi connectivity index (χ2n) is 3.24. The molecule has 2 heterocycles. The number of carbonyl (C=O) groups is 1. The Kier molecular flexibility index (Phi) is 2.40. The summed E-state index contributed by atoms with van der Waals surface area (Å²) in [7, 11) is 1.11. The van der Waals surface area contributed by atoms with Gasteiger partial charge in [0.15, 0.2) is 5.69 Å². The van der Waals surface area contributed by atoms with Crippen molar-refractivity contribution in [3.8, 4) is 5.75 Å². The Bertz CT molecular complexity index is 636. The zero-order chi connectivity index (χ0) is 12.6. The first kappa shape index (κ1) is 10.9. The molecular weight excluding hydrogens is 226 g/mol. The van der Waals surface area contributed by atoms with Gasteiger partial charge in [-0.15, -0.1) is 0 Å². The smallest absolute Gasteiger partial charge is 0.360 e. The minimum absolute atomic E-state index is 0.0724. The molecule has 2 rings (SSSR count). The predicted octanol–water partition coefficient (Wildman–Crippen LogP) is 0.00929. The summed E-state index contributed by atoms with van der Waals surface area (Å²) in [5.74, 6) is -1.61. The number of rotatable bonds is 1. The van der Waals surface area contributed by atoms with E-state index >= 15 is 0 Å². The quantitative estimate of drug-likeness (QED) is 0.545. The van der Waals surface area contributed by atoms with Gasteiger partial charge in [0.25, 0.3) is 5.56 Å². The van der Waals surface area contributed by atoms with Crippen molar-refractivity contribution in [3.63, 3.8) is 0 Å². The minimum Gasteiger partial charge on any atom is -0.501 e. The van der Waals surface area contributed by atoms with Crippen LogP contribution in [0.25, 0.3) is 10.5 Å². The Morgan fingerprint density at radius 3 is 3.00 bits per heavy atom. The Morgan fingerprint density at radius 1 is 1.71 bits per heavy atom. The Morgan fingerprint density at radius 2 is 2.41 bits per heavy atom. The fourth-order valence-electron chi connectivity index (χ4n) is 1.51. The standard InChI is InChI=1S/C10H7N3O4/c1-11-5-3-4-13-8(5)12-6(10(16)17-2)7(14)9(13)15/h3,14H,4H2,2H3. The molecular formula is C10H7N3O4. The summed E-state index contributed by atoms with van der Waals surface area (Å²) in [4.78, 5) is 30.0. The Labute approximate surface area is 95.4 Å². The lowest BCUT2D eigenvalue weighted by Gasteiger charge is -2.07.